The lowest BCUT2D eigenvalue weighted by molar-refractivity contribution is -0.122. The van der Waals surface area contributed by atoms with E-state index in [2.05, 4.69) is 0 Å². The number of nitrogens with zero attached hydrogens (tertiary/aromatic N) is 2. The molecule has 29 heavy (non-hydrogen) atoms. The summed E-state index contributed by atoms with van der Waals surface area (Å²) in [5.41, 5.74) is 1.53. The first-order chi connectivity index (χ1) is 13.7. The van der Waals surface area contributed by atoms with Crippen LogP contribution in [0.5, 0.6) is 5.75 Å². The van der Waals surface area contributed by atoms with Crippen LogP contribution >= 0.6 is 24.0 Å². The molecular weight excluding hydrogens is 432 g/mol. The normalized spacial score (nSPS) is 20.0. The van der Waals surface area contributed by atoms with Gasteiger partial charge in [0.15, 0.2) is 5.75 Å². The van der Waals surface area contributed by atoms with E-state index in [0.717, 1.165) is 11.3 Å². The second-order valence-electron chi connectivity index (χ2n) is 6.35. The summed E-state index contributed by atoms with van der Waals surface area (Å²) in [5.74, 6) is 0.499. The van der Waals surface area contributed by atoms with Gasteiger partial charge in [0.05, 0.1) is 16.3 Å². The molecule has 0 spiro atoms. The number of rotatable bonds is 6. The third-order valence-electron chi connectivity index (χ3n) is 4.25. The summed E-state index contributed by atoms with van der Waals surface area (Å²) in [6, 6.07) is 7.23. The van der Waals surface area contributed by atoms with Crippen molar-refractivity contribution in [3.05, 3.63) is 58.9 Å². The minimum absolute atomic E-state index is 0.0454. The van der Waals surface area contributed by atoms with Gasteiger partial charge >= 0.3 is 0 Å². The first-order valence-corrected chi connectivity index (χ1v) is 11.7. The molecule has 0 saturated carbocycles. The van der Waals surface area contributed by atoms with E-state index in [0.29, 0.717) is 27.4 Å². The average molecular weight is 453 g/mol. The fraction of sp³-hybridized carbons (Fsp3) is 0.263. The Morgan fingerprint density at radius 2 is 2.03 bits per heavy atom. The van der Waals surface area contributed by atoms with Crippen molar-refractivity contribution < 1.29 is 22.5 Å². The molecule has 0 unspecified atom stereocenters. The predicted molar refractivity (Wildman–Crippen MR) is 118 cm³/mol. The number of likely N-dealkylation sites (N-methyl/N-ethyl adjacent to an activating group) is 1. The average Bonchev–Trinajstić information content (AvgIpc) is 3.14. The summed E-state index contributed by atoms with van der Waals surface area (Å²) in [7, 11) is -4.11. The predicted octanol–water partition coefficient (Wildman–Crippen LogP) is 3.33. The number of allylic oxidation sites excluding steroid dienone is 4. The molecule has 1 saturated heterocycles. The Kier molecular flexibility index (Phi) is 6.47. The van der Waals surface area contributed by atoms with Crippen LogP contribution in [0.2, 0.25) is 0 Å². The van der Waals surface area contributed by atoms with Crippen molar-refractivity contribution in [3.63, 3.8) is 0 Å². The third-order valence-corrected chi connectivity index (χ3v) is 6.32. The molecule has 0 radical (unpaired) electrons. The molecule has 1 N–H and O–H groups in total. The summed E-state index contributed by atoms with van der Waals surface area (Å²) < 4.78 is 37.8. The minimum Gasteiger partial charge on any atom is -0.439 e. The zero-order chi connectivity index (χ0) is 21.2. The number of carbonyl (C=O) groups excluding carboxylic acids is 1. The number of hydrogen-bond acceptors (Lipinski definition) is 7. The first kappa shape index (κ1) is 21.6. The second kappa shape index (κ2) is 8.70. The van der Waals surface area contributed by atoms with Crippen LogP contribution in [0.1, 0.15) is 13.8 Å². The second-order valence-corrected chi connectivity index (χ2v) is 9.60. The Morgan fingerprint density at radius 1 is 1.31 bits per heavy atom. The van der Waals surface area contributed by atoms with Crippen molar-refractivity contribution in [1.29, 1.82) is 0 Å². The smallest absolute Gasteiger partial charge is 0.266 e. The number of para-hydroxylation sites is 2. The van der Waals surface area contributed by atoms with Crippen LogP contribution in [0.15, 0.2) is 58.9 Å². The zero-order valence-corrected chi connectivity index (χ0v) is 18.3. The standard InChI is InChI=1S/C19H20N2O5S3/c1-3-20-18(22)16(28-19(20)27)12-13(2)8-9-17-21(10-11-29(23,24)25)14-6-4-5-7-15(14)26-17/h4-9,12H,3,10-11H2,1-2H3,(H,23,24,25)/b13-8+,16-12+,17-9-. The molecule has 0 aromatic heterocycles. The van der Waals surface area contributed by atoms with E-state index in [1.165, 1.54) is 11.8 Å². The number of thioether (sulfide) groups is 1. The maximum atomic E-state index is 12.3. The van der Waals surface area contributed by atoms with E-state index >= 15 is 0 Å². The zero-order valence-electron chi connectivity index (χ0n) is 15.9. The van der Waals surface area contributed by atoms with Crippen LogP contribution in [-0.4, -0.2) is 46.9 Å². The van der Waals surface area contributed by atoms with E-state index < -0.39 is 15.9 Å². The third kappa shape index (κ3) is 5.08. The van der Waals surface area contributed by atoms with Gasteiger partial charge in [-0.1, -0.05) is 42.2 Å². The summed E-state index contributed by atoms with van der Waals surface area (Å²) >= 11 is 6.48. The summed E-state index contributed by atoms with van der Waals surface area (Å²) in [6.07, 6.45) is 5.24. The van der Waals surface area contributed by atoms with Gasteiger partial charge in [-0.2, -0.15) is 8.42 Å². The van der Waals surface area contributed by atoms with Gasteiger partial charge in [0.1, 0.15) is 4.32 Å². The highest BCUT2D eigenvalue weighted by molar-refractivity contribution is 8.26. The van der Waals surface area contributed by atoms with Gasteiger partial charge < -0.3 is 9.64 Å². The summed E-state index contributed by atoms with van der Waals surface area (Å²) in [4.78, 5) is 16.1. The van der Waals surface area contributed by atoms with Crippen molar-refractivity contribution in [2.45, 2.75) is 13.8 Å². The number of ether oxygens (including phenoxy) is 1. The fourth-order valence-corrected chi connectivity index (χ4v) is 4.69. The number of benzene rings is 1. The molecule has 3 rings (SSSR count). The Labute approximate surface area is 179 Å². The lowest BCUT2D eigenvalue weighted by Crippen LogP contribution is -2.27. The number of thiocarbonyl (C=S) groups is 1. The molecule has 2 aliphatic heterocycles. The highest BCUT2D eigenvalue weighted by atomic mass is 32.2. The Morgan fingerprint density at radius 3 is 2.69 bits per heavy atom. The van der Waals surface area contributed by atoms with E-state index in [-0.39, 0.29) is 12.5 Å². The maximum Gasteiger partial charge on any atom is 0.266 e. The number of fused-ring (bicyclic) bond motifs is 1. The molecule has 2 aliphatic rings. The largest absolute Gasteiger partial charge is 0.439 e. The van der Waals surface area contributed by atoms with Gasteiger partial charge in [0.25, 0.3) is 16.0 Å². The summed E-state index contributed by atoms with van der Waals surface area (Å²) in [5, 5.41) is 0. The van der Waals surface area contributed by atoms with Crippen LogP contribution in [0, 0.1) is 0 Å². The summed E-state index contributed by atoms with van der Waals surface area (Å²) in [6.45, 7) is 4.30. The SMILES string of the molecule is CCN1C(=O)\C(=C/C(C)=C/C=C2\Oc3ccccc3N2CCS(=O)(=O)O)SC1=S. The van der Waals surface area contributed by atoms with Crippen LogP contribution in [0.25, 0.3) is 0 Å². The number of hydrogen-bond donors (Lipinski definition) is 1. The van der Waals surface area contributed by atoms with Gasteiger partial charge in [-0.15, -0.1) is 0 Å². The minimum atomic E-state index is -4.11. The lowest BCUT2D eigenvalue weighted by atomic mass is 10.2. The molecule has 0 atom stereocenters. The Bertz CT molecular complexity index is 1040. The molecule has 154 valence electrons. The van der Waals surface area contributed by atoms with E-state index in [1.807, 2.05) is 32.0 Å². The molecule has 1 amide bonds. The molecule has 1 aromatic rings. The lowest BCUT2D eigenvalue weighted by Gasteiger charge is -2.17. The molecule has 1 aromatic carbocycles. The van der Waals surface area contributed by atoms with Crippen LogP contribution in [0.4, 0.5) is 5.69 Å². The van der Waals surface area contributed by atoms with Crippen molar-refractivity contribution in [2.75, 3.05) is 23.7 Å². The maximum absolute atomic E-state index is 12.3. The number of carbonyl (C=O) groups is 1. The highest BCUT2D eigenvalue weighted by Crippen LogP contribution is 2.38. The van der Waals surface area contributed by atoms with E-state index in [1.54, 1.807) is 34.1 Å². The highest BCUT2D eigenvalue weighted by Gasteiger charge is 2.30. The Balaban J connectivity index is 1.83. The van der Waals surface area contributed by atoms with Crippen molar-refractivity contribution in [2.24, 2.45) is 0 Å². The molecule has 1 fully saturated rings. The molecule has 0 aliphatic carbocycles. The number of amides is 1. The van der Waals surface area contributed by atoms with Crippen molar-refractivity contribution in [1.82, 2.24) is 4.90 Å². The van der Waals surface area contributed by atoms with Crippen molar-refractivity contribution >= 4 is 50.0 Å². The van der Waals surface area contributed by atoms with Gasteiger partial charge in [0, 0.05) is 13.1 Å². The van der Waals surface area contributed by atoms with E-state index in [4.69, 9.17) is 21.5 Å². The Hall–Kier alpha value is -2.14. The molecule has 0 bridgehead atoms. The fourth-order valence-electron chi connectivity index (χ4n) is 2.84. The van der Waals surface area contributed by atoms with E-state index in [9.17, 15) is 13.2 Å². The quantitative estimate of drug-likeness (QED) is 0.400. The molecule has 7 nitrogen and oxygen atoms in total. The van der Waals surface area contributed by atoms with Crippen LogP contribution in [0.3, 0.4) is 0 Å². The molecule has 2 heterocycles. The van der Waals surface area contributed by atoms with Crippen molar-refractivity contribution in [3.8, 4) is 5.75 Å². The monoisotopic (exact) mass is 452 g/mol. The first-order valence-electron chi connectivity index (χ1n) is 8.83. The van der Waals surface area contributed by atoms with Gasteiger partial charge in [0.2, 0.25) is 5.88 Å². The molecule has 10 heteroatoms. The number of anilines is 1. The topological polar surface area (TPSA) is 87.2 Å². The van der Waals surface area contributed by atoms with Crippen LogP contribution in [-0.2, 0) is 14.9 Å². The van der Waals surface area contributed by atoms with Crippen LogP contribution < -0.4 is 9.64 Å². The van der Waals surface area contributed by atoms with Gasteiger partial charge in [-0.05, 0) is 43.7 Å². The van der Waals surface area contributed by atoms with Gasteiger partial charge in [-0.25, -0.2) is 0 Å². The van der Waals surface area contributed by atoms with Gasteiger partial charge in [-0.3, -0.25) is 14.2 Å². The molecular formula is C19H20N2O5S3.